The van der Waals surface area contributed by atoms with Crippen LogP contribution < -0.4 is 20.1 Å². The first kappa shape index (κ1) is 19.7. The summed E-state index contributed by atoms with van der Waals surface area (Å²) < 4.78 is 12.6. The van der Waals surface area contributed by atoms with E-state index in [1.165, 1.54) is 5.56 Å². The molecule has 7 heteroatoms. The lowest BCUT2D eigenvalue weighted by Crippen LogP contribution is -2.19. The van der Waals surface area contributed by atoms with Crippen LogP contribution in [0, 0.1) is 13.8 Å². The number of aromatic nitrogens is 2. The number of anilines is 2. The van der Waals surface area contributed by atoms with Crippen LogP contribution in [0.4, 0.5) is 11.4 Å². The maximum absolute atomic E-state index is 5.41. The zero-order valence-electron chi connectivity index (χ0n) is 16.4. The third-order valence-corrected chi connectivity index (χ3v) is 4.49. The van der Waals surface area contributed by atoms with Gasteiger partial charge in [0.15, 0.2) is 16.6 Å². The van der Waals surface area contributed by atoms with Crippen LogP contribution in [-0.2, 0) is 6.54 Å². The molecule has 0 fully saturated rings. The summed E-state index contributed by atoms with van der Waals surface area (Å²) in [4.78, 5) is 0. The fraction of sp³-hybridized carbons (Fsp3) is 0.238. The summed E-state index contributed by atoms with van der Waals surface area (Å²) in [5.41, 5.74) is 5.09. The molecule has 3 rings (SSSR count). The van der Waals surface area contributed by atoms with Gasteiger partial charge in [0, 0.05) is 23.1 Å². The van der Waals surface area contributed by atoms with Crippen molar-refractivity contribution in [1.82, 2.24) is 9.78 Å². The van der Waals surface area contributed by atoms with E-state index < -0.39 is 0 Å². The van der Waals surface area contributed by atoms with E-state index >= 15 is 0 Å². The van der Waals surface area contributed by atoms with E-state index in [4.69, 9.17) is 21.7 Å². The Morgan fingerprint density at radius 3 is 2.18 bits per heavy atom. The number of thiocarbonyl (C=S) groups is 1. The lowest BCUT2D eigenvalue weighted by Gasteiger charge is -2.13. The summed E-state index contributed by atoms with van der Waals surface area (Å²) >= 11 is 5.41. The molecule has 2 aromatic carbocycles. The zero-order valence-corrected chi connectivity index (χ0v) is 17.3. The Labute approximate surface area is 170 Å². The molecule has 0 saturated heterocycles. The van der Waals surface area contributed by atoms with E-state index in [1.54, 1.807) is 14.2 Å². The molecule has 0 atom stereocenters. The average molecular weight is 397 g/mol. The molecule has 0 aliphatic carbocycles. The van der Waals surface area contributed by atoms with Crippen molar-refractivity contribution in [2.24, 2.45) is 0 Å². The smallest absolute Gasteiger partial charge is 0.175 e. The first-order chi connectivity index (χ1) is 13.5. The molecular formula is C21H24N4O2S. The molecule has 0 spiro atoms. The van der Waals surface area contributed by atoms with Crippen molar-refractivity contribution in [2.45, 2.75) is 20.4 Å². The largest absolute Gasteiger partial charge is 0.493 e. The summed E-state index contributed by atoms with van der Waals surface area (Å²) in [5.74, 6) is 1.31. The van der Waals surface area contributed by atoms with E-state index in [2.05, 4.69) is 40.9 Å². The number of nitrogens with one attached hydrogen (secondary N) is 2. The van der Waals surface area contributed by atoms with Crippen molar-refractivity contribution < 1.29 is 9.47 Å². The summed E-state index contributed by atoms with van der Waals surface area (Å²) in [5, 5.41) is 11.3. The number of nitrogens with zero attached hydrogens (tertiary/aromatic N) is 2. The molecule has 1 heterocycles. The molecule has 0 bridgehead atoms. The molecule has 146 valence electrons. The van der Waals surface area contributed by atoms with Crippen molar-refractivity contribution in [3.05, 3.63) is 65.5 Å². The number of aryl methyl sites for hydroxylation is 2. The first-order valence-corrected chi connectivity index (χ1v) is 9.29. The van der Waals surface area contributed by atoms with Crippen LogP contribution >= 0.6 is 12.2 Å². The van der Waals surface area contributed by atoms with Gasteiger partial charge in [-0.25, -0.2) is 0 Å². The van der Waals surface area contributed by atoms with E-state index in [-0.39, 0.29) is 0 Å². The highest BCUT2D eigenvalue weighted by atomic mass is 32.1. The monoisotopic (exact) mass is 396 g/mol. The molecule has 0 aliphatic rings. The number of hydrogen-bond donors (Lipinski definition) is 2. The lowest BCUT2D eigenvalue weighted by atomic mass is 10.2. The quantitative estimate of drug-likeness (QED) is 0.603. The number of ether oxygens (including phenoxy) is 2. The van der Waals surface area contributed by atoms with Crippen molar-refractivity contribution in [2.75, 3.05) is 24.9 Å². The highest BCUT2D eigenvalue weighted by Crippen LogP contribution is 2.29. The van der Waals surface area contributed by atoms with Crippen LogP contribution in [0.25, 0.3) is 0 Å². The second-order valence-electron chi connectivity index (χ2n) is 6.43. The van der Waals surface area contributed by atoms with Crippen molar-refractivity contribution in [3.8, 4) is 11.5 Å². The van der Waals surface area contributed by atoms with Gasteiger partial charge >= 0.3 is 0 Å². The molecule has 6 nitrogen and oxygen atoms in total. The Morgan fingerprint density at radius 2 is 1.57 bits per heavy atom. The van der Waals surface area contributed by atoms with E-state index in [9.17, 15) is 0 Å². The molecule has 0 unspecified atom stereocenters. The van der Waals surface area contributed by atoms with Gasteiger partial charge in [-0.15, -0.1) is 0 Å². The minimum atomic E-state index is 0.499. The molecule has 1 aromatic heterocycles. The highest BCUT2D eigenvalue weighted by Gasteiger charge is 2.06. The van der Waals surface area contributed by atoms with Crippen LogP contribution in [0.5, 0.6) is 11.5 Å². The van der Waals surface area contributed by atoms with E-state index in [0.717, 1.165) is 29.3 Å². The SMILES string of the molecule is COc1ccc(NC(=S)Nc2ccc(Cn3nc(C)cc3C)cc2)cc1OC. The molecule has 0 aliphatic heterocycles. The third-order valence-electron chi connectivity index (χ3n) is 4.29. The second kappa shape index (κ2) is 8.75. The summed E-state index contributed by atoms with van der Waals surface area (Å²) in [6.45, 7) is 4.81. The summed E-state index contributed by atoms with van der Waals surface area (Å²) in [7, 11) is 3.21. The Kier molecular flexibility index (Phi) is 6.16. The van der Waals surface area contributed by atoms with Crippen molar-refractivity contribution in [1.29, 1.82) is 0 Å². The maximum Gasteiger partial charge on any atom is 0.175 e. The van der Waals surface area contributed by atoms with Crippen molar-refractivity contribution in [3.63, 3.8) is 0 Å². The summed E-state index contributed by atoms with van der Waals surface area (Å²) in [6.07, 6.45) is 0. The first-order valence-electron chi connectivity index (χ1n) is 8.88. The molecule has 0 amide bonds. The number of methoxy groups -OCH3 is 2. The van der Waals surface area contributed by atoms with Gasteiger partial charge in [-0.2, -0.15) is 5.10 Å². The Balaban J connectivity index is 1.60. The molecule has 0 radical (unpaired) electrons. The normalized spacial score (nSPS) is 10.4. The van der Waals surface area contributed by atoms with E-state index in [1.807, 2.05) is 41.9 Å². The van der Waals surface area contributed by atoms with Crippen LogP contribution in [0.3, 0.4) is 0 Å². The van der Waals surface area contributed by atoms with Gasteiger partial charge < -0.3 is 20.1 Å². The average Bonchev–Trinajstić information content (AvgIpc) is 3.00. The second-order valence-corrected chi connectivity index (χ2v) is 6.84. The Bertz CT molecular complexity index is 967. The predicted octanol–water partition coefficient (Wildman–Crippen LogP) is 4.37. The zero-order chi connectivity index (χ0) is 20.1. The lowest BCUT2D eigenvalue weighted by molar-refractivity contribution is 0.355. The van der Waals surface area contributed by atoms with Crippen molar-refractivity contribution >= 4 is 28.7 Å². The Morgan fingerprint density at radius 1 is 0.929 bits per heavy atom. The fourth-order valence-electron chi connectivity index (χ4n) is 2.91. The highest BCUT2D eigenvalue weighted by molar-refractivity contribution is 7.80. The number of rotatable bonds is 6. The number of benzene rings is 2. The fourth-order valence-corrected chi connectivity index (χ4v) is 3.14. The molecule has 2 N–H and O–H groups in total. The topological polar surface area (TPSA) is 60.3 Å². The van der Waals surface area contributed by atoms with E-state index in [0.29, 0.717) is 16.6 Å². The van der Waals surface area contributed by atoms with Gasteiger partial charge in [0.1, 0.15) is 0 Å². The third kappa shape index (κ3) is 4.80. The standard InChI is InChI=1S/C21H24N4O2S/c1-14-11-15(2)25(24-14)13-16-5-7-17(8-6-16)22-21(28)23-18-9-10-19(26-3)20(12-18)27-4/h5-12H,13H2,1-4H3,(H2,22,23,28). The molecule has 3 aromatic rings. The van der Waals surface area contributed by atoms with Gasteiger partial charge in [-0.05, 0) is 62.0 Å². The molecule has 0 saturated carbocycles. The van der Waals surface area contributed by atoms with Crippen LogP contribution in [0.15, 0.2) is 48.5 Å². The van der Waals surface area contributed by atoms with Gasteiger partial charge in [0.05, 0.1) is 26.5 Å². The predicted molar refractivity (Wildman–Crippen MR) is 117 cm³/mol. The number of hydrogen-bond acceptors (Lipinski definition) is 4. The maximum atomic E-state index is 5.41. The van der Waals surface area contributed by atoms with Crippen LogP contribution in [0.2, 0.25) is 0 Å². The van der Waals surface area contributed by atoms with Crippen LogP contribution in [0.1, 0.15) is 17.0 Å². The minimum absolute atomic E-state index is 0.499. The van der Waals surface area contributed by atoms with Crippen LogP contribution in [-0.4, -0.2) is 29.1 Å². The Hall–Kier alpha value is -3.06. The minimum Gasteiger partial charge on any atom is -0.493 e. The van der Waals surface area contributed by atoms with Gasteiger partial charge in [-0.3, -0.25) is 4.68 Å². The van der Waals surface area contributed by atoms with Gasteiger partial charge in [0.2, 0.25) is 0 Å². The molecule has 28 heavy (non-hydrogen) atoms. The van der Waals surface area contributed by atoms with Gasteiger partial charge in [0.25, 0.3) is 0 Å². The summed E-state index contributed by atoms with van der Waals surface area (Å²) in [6, 6.07) is 15.8. The molecular weight excluding hydrogens is 372 g/mol. The van der Waals surface area contributed by atoms with Gasteiger partial charge in [-0.1, -0.05) is 12.1 Å².